The van der Waals surface area contributed by atoms with Crippen molar-refractivity contribution in [3.05, 3.63) is 57.9 Å². The fourth-order valence-electron chi connectivity index (χ4n) is 2.34. The topological polar surface area (TPSA) is 34.0 Å². The number of thiazole rings is 1. The quantitative estimate of drug-likeness (QED) is 0.687. The molecule has 1 aromatic carbocycles. The lowest BCUT2D eigenvalue weighted by atomic mass is 10.2. The lowest BCUT2D eigenvalue weighted by Crippen LogP contribution is -2.23. The van der Waals surface area contributed by atoms with Gasteiger partial charge in [-0.05, 0) is 14.0 Å². The van der Waals surface area contributed by atoms with Crippen LogP contribution in [0.4, 0.5) is 0 Å². The molecule has 6 heteroatoms. The monoisotopic (exact) mass is 346 g/mol. The molecule has 0 amide bonds. The van der Waals surface area contributed by atoms with Gasteiger partial charge in [-0.15, -0.1) is 11.3 Å². The van der Waals surface area contributed by atoms with Gasteiger partial charge in [0.1, 0.15) is 16.0 Å². The minimum atomic E-state index is 0.216. The Morgan fingerprint density at radius 2 is 2.04 bits per heavy atom. The number of nitrogens with zero attached hydrogens (tertiary/aromatic N) is 4. The molecule has 0 unspecified atom stereocenters. The summed E-state index contributed by atoms with van der Waals surface area (Å²) in [5.74, 6) is 0.948. The SMILES string of the molecule is C[C@H](c1nc(-c2ccccc2)cs1)N(C)Cc1ncc(Cl)n1C. The van der Waals surface area contributed by atoms with E-state index in [0.29, 0.717) is 5.15 Å². The van der Waals surface area contributed by atoms with Crippen LogP contribution in [0.3, 0.4) is 0 Å². The van der Waals surface area contributed by atoms with Gasteiger partial charge in [-0.1, -0.05) is 41.9 Å². The van der Waals surface area contributed by atoms with Crippen molar-refractivity contribution in [2.24, 2.45) is 7.05 Å². The second-order valence-corrected chi connectivity index (χ2v) is 6.86. The van der Waals surface area contributed by atoms with Crippen LogP contribution in [0, 0.1) is 0 Å². The molecule has 0 saturated carbocycles. The van der Waals surface area contributed by atoms with E-state index in [1.807, 2.05) is 29.8 Å². The first-order chi connectivity index (χ1) is 11.1. The Morgan fingerprint density at radius 3 is 2.70 bits per heavy atom. The molecular weight excluding hydrogens is 328 g/mol. The predicted molar refractivity (Wildman–Crippen MR) is 95.7 cm³/mol. The highest BCUT2D eigenvalue weighted by Gasteiger charge is 2.18. The molecule has 0 N–H and O–H groups in total. The van der Waals surface area contributed by atoms with Gasteiger partial charge in [0.2, 0.25) is 0 Å². The van der Waals surface area contributed by atoms with Gasteiger partial charge in [0, 0.05) is 18.0 Å². The Bertz CT molecular complexity index is 781. The zero-order valence-corrected chi connectivity index (χ0v) is 15.0. The third-order valence-corrected chi connectivity index (χ3v) is 5.39. The zero-order chi connectivity index (χ0) is 16.4. The molecule has 120 valence electrons. The van der Waals surface area contributed by atoms with Crippen LogP contribution < -0.4 is 0 Å². The van der Waals surface area contributed by atoms with Gasteiger partial charge in [-0.3, -0.25) is 4.90 Å². The highest BCUT2D eigenvalue weighted by Crippen LogP contribution is 2.28. The van der Waals surface area contributed by atoms with Gasteiger partial charge in [-0.2, -0.15) is 0 Å². The van der Waals surface area contributed by atoms with Crippen LogP contribution in [0.25, 0.3) is 11.3 Å². The van der Waals surface area contributed by atoms with Crippen molar-refractivity contribution in [1.29, 1.82) is 0 Å². The molecule has 1 atom stereocenters. The molecule has 23 heavy (non-hydrogen) atoms. The molecule has 2 aromatic heterocycles. The Labute approximate surface area is 145 Å². The first-order valence-corrected chi connectivity index (χ1v) is 8.69. The summed E-state index contributed by atoms with van der Waals surface area (Å²) in [6, 6.07) is 10.5. The Kier molecular flexibility index (Phi) is 4.80. The van der Waals surface area contributed by atoms with E-state index in [1.165, 1.54) is 0 Å². The lowest BCUT2D eigenvalue weighted by molar-refractivity contribution is 0.244. The summed E-state index contributed by atoms with van der Waals surface area (Å²) in [5.41, 5.74) is 2.19. The highest BCUT2D eigenvalue weighted by molar-refractivity contribution is 7.10. The van der Waals surface area contributed by atoms with E-state index in [-0.39, 0.29) is 6.04 Å². The van der Waals surface area contributed by atoms with Gasteiger partial charge in [0.25, 0.3) is 0 Å². The van der Waals surface area contributed by atoms with E-state index in [4.69, 9.17) is 16.6 Å². The number of hydrogen-bond donors (Lipinski definition) is 0. The van der Waals surface area contributed by atoms with Crippen LogP contribution in [-0.4, -0.2) is 26.5 Å². The predicted octanol–water partition coefficient (Wildman–Crippen LogP) is 4.39. The van der Waals surface area contributed by atoms with Gasteiger partial charge < -0.3 is 4.57 Å². The summed E-state index contributed by atoms with van der Waals surface area (Å²) in [6.07, 6.45) is 1.69. The molecular formula is C17H19ClN4S. The smallest absolute Gasteiger partial charge is 0.128 e. The summed E-state index contributed by atoms with van der Waals surface area (Å²) >= 11 is 7.75. The maximum Gasteiger partial charge on any atom is 0.128 e. The van der Waals surface area contributed by atoms with Crippen molar-refractivity contribution in [1.82, 2.24) is 19.4 Å². The van der Waals surface area contributed by atoms with E-state index in [9.17, 15) is 0 Å². The van der Waals surface area contributed by atoms with E-state index in [2.05, 4.69) is 41.4 Å². The van der Waals surface area contributed by atoms with Crippen molar-refractivity contribution >= 4 is 22.9 Å². The first-order valence-electron chi connectivity index (χ1n) is 7.43. The molecule has 0 spiro atoms. The Balaban J connectivity index is 1.74. The number of benzene rings is 1. The van der Waals surface area contributed by atoms with Crippen molar-refractivity contribution in [3.8, 4) is 11.3 Å². The molecule has 0 aliphatic carbocycles. The highest BCUT2D eigenvalue weighted by atomic mass is 35.5. The van der Waals surface area contributed by atoms with Gasteiger partial charge in [0.05, 0.1) is 24.5 Å². The Hall–Kier alpha value is -1.69. The fraction of sp³-hybridized carbons (Fsp3) is 0.294. The van der Waals surface area contributed by atoms with Gasteiger partial charge in [-0.25, -0.2) is 9.97 Å². The maximum atomic E-state index is 6.05. The van der Waals surface area contributed by atoms with Crippen LogP contribution >= 0.6 is 22.9 Å². The maximum absolute atomic E-state index is 6.05. The van der Waals surface area contributed by atoms with Gasteiger partial charge >= 0.3 is 0 Å². The third-order valence-electron chi connectivity index (χ3n) is 4.03. The van der Waals surface area contributed by atoms with Crippen molar-refractivity contribution in [2.75, 3.05) is 7.05 Å². The normalized spacial score (nSPS) is 12.7. The van der Waals surface area contributed by atoms with E-state index in [0.717, 1.165) is 28.6 Å². The summed E-state index contributed by atoms with van der Waals surface area (Å²) in [4.78, 5) is 11.4. The van der Waals surface area contributed by atoms with Crippen LogP contribution in [0.15, 0.2) is 41.9 Å². The lowest BCUT2D eigenvalue weighted by Gasteiger charge is -2.22. The molecule has 0 fully saturated rings. The summed E-state index contributed by atoms with van der Waals surface area (Å²) in [7, 11) is 4.01. The van der Waals surface area contributed by atoms with E-state index >= 15 is 0 Å². The number of hydrogen-bond acceptors (Lipinski definition) is 4. The van der Waals surface area contributed by atoms with Crippen molar-refractivity contribution < 1.29 is 0 Å². The number of aromatic nitrogens is 3. The summed E-state index contributed by atoms with van der Waals surface area (Å²) in [5, 5.41) is 3.88. The molecule has 0 saturated heterocycles. The zero-order valence-electron chi connectivity index (χ0n) is 13.4. The second kappa shape index (κ2) is 6.83. The second-order valence-electron chi connectivity index (χ2n) is 5.58. The summed E-state index contributed by atoms with van der Waals surface area (Å²) in [6.45, 7) is 2.89. The molecule has 0 aliphatic rings. The van der Waals surface area contributed by atoms with E-state index < -0.39 is 0 Å². The van der Waals surface area contributed by atoms with Crippen LogP contribution in [0.2, 0.25) is 5.15 Å². The molecule has 3 aromatic rings. The fourth-order valence-corrected chi connectivity index (χ4v) is 3.44. The molecule has 2 heterocycles. The van der Waals surface area contributed by atoms with Crippen molar-refractivity contribution in [3.63, 3.8) is 0 Å². The van der Waals surface area contributed by atoms with Gasteiger partial charge in [0.15, 0.2) is 0 Å². The van der Waals surface area contributed by atoms with Crippen LogP contribution in [0.1, 0.15) is 23.8 Å². The largest absolute Gasteiger partial charge is 0.321 e. The number of rotatable bonds is 5. The minimum Gasteiger partial charge on any atom is -0.321 e. The Morgan fingerprint density at radius 1 is 1.30 bits per heavy atom. The van der Waals surface area contributed by atoms with Crippen LogP contribution in [-0.2, 0) is 13.6 Å². The minimum absolute atomic E-state index is 0.216. The van der Waals surface area contributed by atoms with Crippen molar-refractivity contribution in [2.45, 2.75) is 19.5 Å². The molecule has 0 bridgehead atoms. The summed E-state index contributed by atoms with van der Waals surface area (Å²) < 4.78 is 1.90. The molecule has 3 rings (SSSR count). The number of halogens is 1. The molecule has 4 nitrogen and oxygen atoms in total. The average Bonchev–Trinajstić information content (AvgIpc) is 3.18. The van der Waals surface area contributed by atoms with E-state index in [1.54, 1.807) is 17.5 Å². The van der Waals surface area contributed by atoms with Crippen LogP contribution in [0.5, 0.6) is 0 Å². The molecule has 0 aliphatic heterocycles. The molecule has 0 radical (unpaired) electrons. The third kappa shape index (κ3) is 3.47. The number of imidazole rings is 1. The first kappa shape index (κ1) is 16.2. The standard InChI is InChI=1S/C17H19ClN4S/c1-12(21(2)10-16-19-9-15(18)22(16)3)17-20-14(11-23-17)13-7-5-4-6-8-13/h4-9,11-12H,10H2,1-3H3/t12-/m1/s1. The average molecular weight is 347 g/mol.